The van der Waals surface area contributed by atoms with Crippen LogP contribution in [0.3, 0.4) is 0 Å². The lowest BCUT2D eigenvalue weighted by atomic mass is 10.1. The van der Waals surface area contributed by atoms with E-state index in [-0.39, 0.29) is 11.5 Å². The molecule has 0 atom stereocenters. The van der Waals surface area contributed by atoms with Crippen LogP contribution < -0.4 is 14.8 Å². The molecule has 0 aromatic rings. The van der Waals surface area contributed by atoms with Gasteiger partial charge in [-0.3, -0.25) is 0 Å². The summed E-state index contributed by atoms with van der Waals surface area (Å²) in [5.41, 5.74) is 0. The van der Waals surface area contributed by atoms with Crippen LogP contribution in [-0.4, -0.2) is 79.1 Å². The van der Waals surface area contributed by atoms with Crippen LogP contribution in [0.5, 0.6) is 0 Å². The summed E-state index contributed by atoms with van der Waals surface area (Å²) in [6, 6.07) is 0. The third-order valence-electron chi connectivity index (χ3n) is 7.06. The first-order valence-electron chi connectivity index (χ1n) is 16.1. The van der Waals surface area contributed by atoms with Gasteiger partial charge >= 0.3 is 0 Å². The first kappa shape index (κ1) is 38.7. The molecular weight excluding hydrogens is 532 g/mol. The molecule has 0 saturated carbocycles. The number of unbranched alkanes of at least 4 members (excludes halogenated alkanes) is 12. The molecule has 0 spiro atoms. The number of hydrogen-bond donors (Lipinski definition) is 3. The van der Waals surface area contributed by atoms with E-state index in [2.05, 4.69) is 40.4 Å². The summed E-state index contributed by atoms with van der Waals surface area (Å²) >= 11 is 0. The van der Waals surface area contributed by atoms with E-state index in [1.54, 1.807) is 0 Å². The van der Waals surface area contributed by atoms with Gasteiger partial charge in [0, 0.05) is 13.1 Å². The number of rotatable bonds is 31. The van der Waals surface area contributed by atoms with Crippen molar-refractivity contribution in [2.24, 2.45) is 0 Å². The van der Waals surface area contributed by atoms with Crippen molar-refractivity contribution in [3.8, 4) is 0 Å². The van der Waals surface area contributed by atoms with Crippen molar-refractivity contribution in [2.75, 3.05) is 57.3 Å². The lowest BCUT2D eigenvalue weighted by Crippen LogP contribution is -2.35. The third-order valence-corrected chi connectivity index (χ3v) is 10.00. The molecule has 10 heteroatoms. The summed E-state index contributed by atoms with van der Waals surface area (Å²) in [7, 11) is -6.42. The van der Waals surface area contributed by atoms with Gasteiger partial charge in [0.1, 0.15) is 0 Å². The fourth-order valence-electron chi connectivity index (χ4n) is 4.64. The Hall–Kier alpha value is -0.260. The maximum Gasteiger partial charge on any atom is 0.211 e. The zero-order valence-electron chi connectivity index (χ0n) is 25.8. The quantitative estimate of drug-likeness (QED) is 0.0924. The van der Waals surface area contributed by atoms with Crippen LogP contribution in [0.2, 0.25) is 0 Å². The van der Waals surface area contributed by atoms with E-state index in [1.807, 2.05) is 0 Å². The standard InChI is InChI=1S/C29H64N4O4S2/c1-4-7-9-11-13-15-17-28-38(34,35)31-23-20-26-33(25-19-22-30-6-3)27-21-24-32-39(36,37)29-18-16-14-12-10-8-5-2/h30-32H,4-29H2,1-3H3. The van der Waals surface area contributed by atoms with E-state index in [1.165, 1.54) is 51.4 Å². The molecule has 0 fully saturated rings. The Bertz CT molecular complexity index is 678. The molecule has 0 rings (SSSR count). The normalized spacial score (nSPS) is 12.5. The zero-order valence-corrected chi connectivity index (χ0v) is 27.4. The summed E-state index contributed by atoms with van der Waals surface area (Å²) in [5.74, 6) is 0.429. The molecule has 0 radical (unpaired) electrons. The Kier molecular flexibility index (Phi) is 26.4. The van der Waals surface area contributed by atoms with Crippen LogP contribution in [0.1, 0.15) is 130 Å². The average molecular weight is 597 g/mol. The molecule has 236 valence electrons. The second kappa shape index (κ2) is 26.6. The summed E-state index contributed by atoms with van der Waals surface area (Å²) in [6.07, 6.45) is 18.0. The Morgan fingerprint density at radius 1 is 0.462 bits per heavy atom. The molecule has 0 heterocycles. The van der Waals surface area contributed by atoms with E-state index in [9.17, 15) is 16.8 Å². The van der Waals surface area contributed by atoms with Crippen LogP contribution >= 0.6 is 0 Å². The highest BCUT2D eigenvalue weighted by Crippen LogP contribution is 2.09. The molecule has 0 aliphatic heterocycles. The molecule has 3 N–H and O–H groups in total. The predicted molar refractivity (Wildman–Crippen MR) is 168 cm³/mol. The number of hydrogen-bond acceptors (Lipinski definition) is 6. The largest absolute Gasteiger partial charge is 0.317 e. The van der Waals surface area contributed by atoms with Gasteiger partial charge in [-0.1, -0.05) is 97.8 Å². The SMILES string of the molecule is CCCCCCCCCS(=O)(=O)NCCCN(CCCNCC)CCCNS(=O)(=O)CCCCCCCCC. The highest BCUT2D eigenvalue weighted by atomic mass is 32.2. The predicted octanol–water partition coefficient (Wildman–Crippen LogP) is 5.41. The minimum atomic E-state index is -3.21. The van der Waals surface area contributed by atoms with Gasteiger partial charge in [0.2, 0.25) is 20.0 Å². The van der Waals surface area contributed by atoms with Crippen molar-refractivity contribution >= 4 is 20.0 Å². The van der Waals surface area contributed by atoms with E-state index >= 15 is 0 Å². The first-order chi connectivity index (χ1) is 18.8. The van der Waals surface area contributed by atoms with Crippen LogP contribution in [0, 0.1) is 0 Å². The third kappa shape index (κ3) is 27.7. The molecule has 39 heavy (non-hydrogen) atoms. The van der Waals surface area contributed by atoms with Crippen LogP contribution in [0.4, 0.5) is 0 Å². The van der Waals surface area contributed by atoms with Gasteiger partial charge in [-0.05, 0) is 64.8 Å². The molecule has 0 unspecified atom stereocenters. The summed E-state index contributed by atoms with van der Waals surface area (Å²) < 4.78 is 54.8. The van der Waals surface area contributed by atoms with Gasteiger partial charge in [-0.2, -0.15) is 0 Å². The minimum absolute atomic E-state index is 0.214. The minimum Gasteiger partial charge on any atom is -0.317 e. The van der Waals surface area contributed by atoms with Crippen molar-refractivity contribution in [1.82, 2.24) is 19.7 Å². The molecule has 0 amide bonds. The van der Waals surface area contributed by atoms with Crippen LogP contribution in [0.15, 0.2) is 0 Å². The van der Waals surface area contributed by atoms with E-state index in [0.717, 1.165) is 90.5 Å². The summed E-state index contributed by atoms with van der Waals surface area (Å²) in [4.78, 5) is 2.33. The average Bonchev–Trinajstić information content (AvgIpc) is 2.90. The van der Waals surface area contributed by atoms with Gasteiger partial charge in [-0.25, -0.2) is 26.3 Å². The van der Waals surface area contributed by atoms with E-state index in [4.69, 9.17) is 0 Å². The van der Waals surface area contributed by atoms with Crippen molar-refractivity contribution < 1.29 is 16.8 Å². The first-order valence-corrected chi connectivity index (χ1v) is 19.4. The fraction of sp³-hybridized carbons (Fsp3) is 1.00. The van der Waals surface area contributed by atoms with Crippen molar-refractivity contribution in [1.29, 1.82) is 0 Å². The van der Waals surface area contributed by atoms with Gasteiger partial charge < -0.3 is 10.2 Å². The highest BCUT2D eigenvalue weighted by molar-refractivity contribution is 7.89. The second-order valence-corrected chi connectivity index (χ2v) is 14.8. The fourth-order valence-corrected chi connectivity index (χ4v) is 7.01. The molecule has 0 aromatic heterocycles. The maximum atomic E-state index is 12.3. The lowest BCUT2D eigenvalue weighted by molar-refractivity contribution is 0.264. The van der Waals surface area contributed by atoms with Crippen LogP contribution in [-0.2, 0) is 20.0 Å². The van der Waals surface area contributed by atoms with Crippen molar-refractivity contribution in [2.45, 2.75) is 130 Å². The molecular formula is C29H64N4O4S2. The molecule has 0 saturated heterocycles. The number of nitrogens with one attached hydrogen (secondary N) is 3. The molecule has 0 aromatic carbocycles. The molecule has 0 aliphatic carbocycles. The Morgan fingerprint density at radius 3 is 1.21 bits per heavy atom. The Balaban J connectivity index is 4.20. The summed E-state index contributed by atoms with van der Waals surface area (Å²) in [6.45, 7) is 11.8. The van der Waals surface area contributed by atoms with E-state index < -0.39 is 20.0 Å². The Labute approximate surface area is 243 Å². The van der Waals surface area contributed by atoms with Gasteiger partial charge in [0.05, 0.1) is 11.5 Å². The Morgan fingerprint density at radius 2 is 0.821 bits per heavy atom. The molecule has 0 bridgehead atoms. The highest BCUT2D eigenvalue weighted by Gasteiger charge is 2.12. The van der Waals surface area contributed by atoms with Gasteiger partial charge in [-0.15, -0.1) is 0 Å². The molecule has 8 nitrogen and oxygen atoms in total. The maximum absolute atomic E-state index is 12.3. The van der Waals surface area contributed by atoms with Crippen LogP contribution in [0.25, 0.3) is 0 Å². The zero-order chi connectivity index (χ0) is 29.1. The number of sulfonamides is 2. The van der Waals surface area contributed by atoms with Gasteiger partial charge in [0.25, 0.3) is 0 Å². The van der Waals surface area contributed by atoms with E-state index in [0.29, 0.717) is 13.1 Å². The summed E-state index contributed by atoms with van der Waals surface area (Å²) in [5, 5.41) is 3.34. The van der Waals surface area contributed by atoms with Crippen molar-refractivity contribution in [3.05, 3.63) is 0 Å². The smallest absolute Gasteiger partial charge is 0.211 e. The number of nitrogens with zero attached hydrogens (tertiary/aromatic N) is 1. The van der Waals surface area contributed by atoms with Crippen molar-refractivity contribution in [3.63, 3.8) is 0 Å². The monoisotopic (exact) mass is 596 g/mol. The lowest BCUT2D eigenvalue weighted by Gasteiger charge is -2.22. The molecule has 0 aliphatic rings. The topological polar surface area (TPSA) is 108 Å². The second-order valence-electron chi connectivity index (χ2n) is 10.9. The van der Waals surface area contributed by atoms with Gasteiger partial charge in [0.15, 0.2) is 0 Å².